The molecular weight excluding hydrogens is 438 g/mol. The second-order valence-corrected chi connectivity index (χ2v) is 9.60. The Morgan fingerprint density at radius 2 is 1.80 bits per heavy atom. The number of nitriles is 1. The minimum Gasteiger partial charge on any atom is -0.371 e. The van der Waals surface area contributed by atoms with E-state index in [-0.39, 0.29) is 11.5 Å². The molecule has 5 rings (SSSR count). The Balaban J connectivity index is 1.72. The molecule has 2 aliphatic heterocycles. The highest BCUT2D eigenvalue weighted by molar-refractivity contribution is 5.99. The molecule has 0 spiro atoms. The second-order valence-electron chi connectivity index (χ2n) is 9.60. The van der Waals surface area contributed by atoms with Crippen LogP contribution in [0.2, 0.25) is 0 Å². The lowest BCUT2D eigenvalue weighted by Gasteiger charge is -2.40. The van der Waals surface area contributed by atoms with Gasteiger partial charge in [0.05, 0.1) is 34.2 Å². The van der Waals surface area contributed by atoms with Crippen LogP contribution in [0.15, 0.2) is 41.2 Å². The van der Waals surface area contributed by atoms with E-state index < -0.39 is 0 Å². The molecule has 0 N–H and O–H groups in total. The number of pyridine rings is 1. The fourth-order valence-corrected chi connectivity index (χ4v) is 5.50. The van der Waals surface area contributed by atoms with Crippen LogP contribution in [0.25, 0.3) is 10.9 Å². The van der Waals surface area contributed by atoms with Gasteiger partial charge in [-0.15, -0.1) is 0 Å². The Kier molecular flexibility index (Phi) is 5.98. The molecule has 0 aliphatic carbocycles. The van der Waals surface area contributed by atoms with E-state index in [1.165, 1.54) is 0 Å². The monoisotopic (exact) mass is 469 g/mol. The Labute approximate surface area is 205 Å². The molecule has 3 heterocycles. The van der Waals surface area contributed by atoms with Gasteiger partial charge in [0, 0.05) is 62.3 Å². The number of hydrogen-bond acceptors (Lipinski definition) is 6. The highest BCUT2D eigenvalue weighted by atomic mass is 16.1. The number of rotatable bonds is 4. The number of fused-ring (bicyclic) bond motifs is 2. The number of hydrogen-bond donors (Lipinski definition) is 0. The van der Waals surface area contributed by atoms with Crippen molar-refractivity contribution < 1.29 is 4.79 Å². The first kappa shape index (κ1) is 23.0. The fraction of sp³-hybridized carbons (Fsp3) is 0.393. The first-order valence-electron chi connectivity index (χ1n) is 12.4. The van der Waals surface area contributed by atoms with E-state index in [1.807, 2.05) is 38.2 Å². The molecular formula is C28H31N5O2. The van der Waals surface area contributed by atoms with Gasteiger partial charge in [-0.25, -0.2) is 0 Å². The van der Waals surface area contributed by atoms with Gasteiger partial charge in [-0.2, -0.15) is 5.26 Å². The molecule has 7 heteroatoms. The van der Waals surface area contributed by atoms with Crippen molar-refractivity contribution in [3.8, 4) is 6.07 Å². The van der Waals surface area contributed by atoms with Crippen LogP contribution in [0.3, 0.4) is 0 Å². The van der Waals surface area contributed by atoms with Crippen LogP contribution in [-0.4, -0.2) is 43.6 Å². The molecule has 0 atom stereocenters. The standard InChI is InChI=1S/C28H31N5O2/c1-4-31-11-12-33(27-14-21(17-29)5-6-24(27)31)26-16-22(32-9-7-20(18-34)8-10-32)15-25-23(26)13-19(2)28(35)30(25)3/h5-6,13-16,18,20H,4,7-12H2,1-3H3. The van der Waals surface area contributed by atoms with E-state index in [2.05, 4.69) is 39.8 Å². The molecule has 0 saturated carbocycles. The zero-order chi connectivity index (χ0) is 24.7. The van der Waals surface area contributed by atoms with Crippen molar-refractivity contribution in [3.05, 3.63) is 57.9 Å². The van der Waals surface area contributed by atoms with E-state index >= 15 is 0 Å². The molecule has 2 aliphatic rings. The van der Waals surface area contributed by atoms with E-state index in [9.17, 15) is 14.9 Å². The van der Waals surface area contributed by atoms with Gasteiger partial charge in [0.15, 0.2) is 0 Å². The molecule has 7 nitrogen and oxygen atoms in total. The van der Waals surface area contributed by atoms with Crippen LogP contribution >= 0.6 is 0 Å². The van der Waals surface area contributed by atoms with Gasteiger partial charge in [-0.3, -0.25) is 4.79 Å². The van der Waals surface area contributed by atoms with Crippen LogP contribution in [0.5, 0.6) is 0 Å². The number of aldehydes is 1. The van der Waals surface area contributed by atoms with Crippen LogP contribution < -0.4 is 20.3 Å². The van der Waals surface area contributed by atoms with Gasteiger partial charge >= 0.3 is 0 Å². The smallest absolute Gasteiger partial charge is 0.253 e. The summed E-state index contributed by atoms with van der Waals surface area (Å²) in [5, 5.41) is 10.6. The first-order valence-corrected chi connectivity index (χ1v) is 12.4. The van der Waals surface area contributed by atoms with Gasteiger partial charge in [-0.1, -0.05) is 0 Å². The summed E-state index contributed by atoms with van der Waals surface area (Å²) in [5.41, 5.74) is 6.47. The van der Waals surface area contributed by atoms with Gasteiger partial charge in [0.25, 0.3) is 5.56 Å². The molecule has 1 fully saturated rings. The number of benzene rings is 2. The number of carbonyl (C=O) groups is 1. The maximum atomic E-state index is 12.9. The minimum absolute atomic E-state index is 0.00299. The molecule has 1 aromatic heterocycles. The minimum atomic E-state index is 0.00299. The van der Waals surface area contributed by atoms with Gasteiger partial charge in [0.2, 0.25) is 0 Å². The average molecular weight is 470 g/mol. The quantitative estimate of drug-likeness (QED) is 0.536. The van der Waals surface area contributed by atoms with Crippen LogP contribution in [0.4, 0.5) is 22.7 Å². The lowest BCUT2D eigenvalue weighted by Crippen LogP contribution is -2.39. The van der Waals surface area contributed by atoms with E-state index in [1.54, 1.807) is 4.57 Å². The highest BCUT2D eigenvalue weighted by Gasteiger charge is 2.27. The zero-order valence-electron chi connectivity index (χ0n) is 20.6. The molecule has 0 radical (unpaired) electrons. The van der Waals surface area contributed by atoms with E-state index in [0.717, 1.165) is 85.5 Å². The summed E-state index contributed by atoms with van der Waals surface area (Å²) in [5.74, 6) is 0.122. The number of piperidine rings is 1. The first-order chi connectivity index (χ1) is 16.9. The maximum Gasteiger partial charge on any atom is 0.253 e. The third-order valence-corrected chi connectivity index (χ3v) is 7.58. The maximum absolute atomic E-state index is 12.9. The Bertz CT molecular complexity index is 1400. The molecule has 1 saturated heterocycles. The molecule has 35 heavy (non-hydrogen) atoms. The zero-order valence-corrected chi connectivity index (χ0v) is 20.6. The normalized spacial score (nSPS) is 16.3. The second kappa shape index (κ2) is 9.10. The Morgan fingerprint density at radius 3 is 2.49 bits per heavy atom. The van der Waals surface area contributed by atoms with Crippen molar-refractivity contribution >= 4 is 39.9 Å². The number of aryl methyl sites for hydroxylation is 2. The van der Waals surface area contributed by atoms with Gasteiger partial charge in [0.1, 0.15) is 6.29 Å². The average Bonchev–Trinajstić information content (AvgIpc) is 2.90. The molecule has 0 amide bonds. The van der Waals surface area contributed by atoms with Crippen LogP contribution in [0, 0.1) is 24.2 Å². The lowest BCUT2D eigenvalue weighted by molar-refractivity contribution is -0.111. The van der Waals surface area contributed by atoms with Crippen LogP contribution in [0.1, 0.15) is 30.9 Å². The van der Waals surface area contributed by atoms with Crippen molar-refractivity contribution in [1.82, 2.24) is 4.57 Å². The van der Waals surface area contributed by atoms with Gasteiger partial charge in [-0.05, 0) is 63.1 Å². The van der Waals surface area contributed by atoms with Crippen molar-refractivity contribution in [1.29, 1.82) is 5.26 Å². The summed E-state index contributed by atoms with van der Waals surface area (Å²) in [6.07, 6.45) is 2.76. The molecule has 2 aromatic carbocycles. The third kappa shape index (κ3) is 3.93. The summed E-state index contributed by atoms with van der Waals surface area (Å²) >= 11 is 0. The Morgan fingerprint density at radius 1 is 1.03 bits per heavy atom. The summed E-state index contributed by atoms with van der Waals surface area (Å²) < 4.78 is 1.74. The van der Waals surface area contributed by atoms with Crippen molar-refractivity contribution in [2.45, 2.75) is 26.7 Å². The van der Waals surface area contributed by atoms with E-state index in [0.29, 0.717) is 11.1 Å². The lowest BCUT2D eigenvalue weighted by atomic mass is 9.97. The largest absolute Gasteiger partial charge is 0.371 e. The predicted molar refractivity (Wildman–Crippen MR) is 141 cm³/mol. The topological polar surface area (TPSA) is 72.6 Å². The highest BCUT2D eigenvalue weighted by Crippen LogP contribution is 2.42. The molecule has 3 aromatic rings. The molecule has 0 unspecified atom stereocenters. The number of anilines is 4. The summed E-state index contributed by atoms with van der Waals surface area (Å²) in [4.78, 5) is 31.1. The van der Waals surface area contributed by atoms with Crippen molar-refractivity contribution in [3.63, 3.8) is 0 Å². The van der Waals surface area contributed by atoms with Crippen molar-refractivity contribution in [2.75, 3.05) is 47.4 Å². The molecule has 180 valence electrons. The third-order valence-electron chi connectivity index (χ3n) is 7.58. The van der Waals surface area contributed by atoms with E-state index in [4.69, 9.17) is 0 Å². The number of carbonyl (C=O) groups excluding carboxylic acids is 1. The Hall–Kier alpha value is -3.79. The predicted octanol–water partition coefficient (Wildman–Crippen LogP) is 4.11. The molecule has 0 bridgehead atoms. The fourth-order valence-electron chi connectivity index (χ4n) is 5.50. The summed E-state index contributed by atoms with van der Waals surface area (Å²) in [6.45, 7) is 8.18. The number of nitrogens with zero attached hydrogens (tertiary/aromatic N) is 5. The summed E-state index contributed by atoms with van der Waals surface area (Å²) in [6, 6.07) is 14.5. The SMILES string of the molecule is CCN1CCN(c2cc(N3CCC(C=O)CC3)cc3c2cc(C)c(=O)n3C)c2cc(C#N)ccc21. The van der Waals surface area contributed by atoms with Gasteiger partial charge < -0.3 is 24.1 Å². The number of aromatic nitrogens is 1. The summed E-state index contributed by atoms with van der Waals surface area (Å²) in [7, 11) is 1.83. The van der Waals surface area contributed by atoms with Crippen molar-refractivity contribution in [2.24, 2.45) is 13.0 Å². The van der Waals surface area contributed by atoms with Crippen LogP contribution in [-0.2, 0) is 11.8 Å². The number of likely N-dealkylation sites (N-methyl/N-ethyl adjacent to an activating group) is 1.